The van der Waals surface area contributed by atoms with Crippen molar-refractivity contribution in [2.45, 2.75) is 6.92 Å². The van der Waals surface area contributed by atoms with Gasteiger partial charge in [0.25, 0.3) is 5.91 Å². The largest absolute Gasteiger partial charge is 0.497 e. The number of nitrogens with one attached hydrogen (secondary N) is 1. The van der Waals surface area contributed by atoms with E-state index in [1.807, 2.05) is 60.1 Å². The zero-order valence-corrected chi connectivity index (χ0v) is 16.5. The second kappa shape index (κ2) is 7.67. The van der Waals surface area contributed by atoms with Gasteiger partial charge in [0.2, 0.25) is 0 Å². The number of methoxy groups -OCH3 is 2. The molecule has 0 atom stereocenters. The topological polar surface area (TPSA) is 64.9 Å². The van der Waals surface area contributed by atoms with Crippen LogP contribution in [0.3, 0.4) is 0 Å². The van der Waals surface area contributed by atoms with Crippen LogP contribution in [0.25, 0.3) is 16.9 Å². The Hall–Kier alpha value is -3.80. The van der Waals surface area contributed by atoms with Crippen LogP contribution in [0.4, 0.5) is 5.69 Å². The summed E-state index contributed by atoms with van der Waals surface area (Å²) >= 11 is 0. The van der Waals surface area contributed by atoms with Gasteiger partial charge in [0.15, 0.2) is 0 Å². The van der Waals surface area contributed by atoms with Crippen molar-refractivity contribution in [1.82, 2.24) is 9.38 Å². The quantitative estimate of drug-likeness (QED) is 0.544. The van der Waals surface area contributed by atoms with Crippen molar-refractivity contribution < 1.29 is 14.3 Å². The summed E-state index contributed by atoms with van der Waals surface area (Å²) in [6.07, 6.45) is 3.96. The molecule has 0 aliphatic carbocycles. The minimum Gasteiger partial charge on any atom is -0.497 e. The number of benzene rings is 2. The molecule has 0 unspecified atom stereocenters. The van der Waals surface area contributed by atoms with Gasteiger partial charge >= 0.3 is 0 Å². The summed E-state index contributed by atoms with van der Waals surface area (Å²) in [5.74, 6) is 0.872. The molecule has 0 aliphatic rings. The van der Waals surface area contributed by atoms with Crippen LogP contribution in [0.5, 0.6) is 11.5 Å². The highest BCUT2D eigenvalue weighted by atomic mass is 16.5. The molecule has 146 valence electrons. The highest BCUT2D eigenvalue weighted by Gasteiger charge is 2.12. The molecule has 0 saturated carbocycles. The molecule has 1 amide bonds. The van der Waals surface area contributed by atoms with Gasteiger partial charge in [-0.2, -0.15) is 0 Å². The highest BCUT2D eigenvalue weighted by Crippen LogP contribution is 2.26. The lowest BCUT2D eigenvalue weighted by Gasteiger charge is -2.10. The molecular formula is C23H21N3O3. The molecule has 29 heavy (non-hydrogen) atoms. The number of pyridine rings is 1. The minimum absolute atomic E-state index is 0.245. The zero-order valence-electron chi connectivity index (χ0n) is 16.5. The Morgan fingerprint density at radius 3 is 2.45 bits per heavy atom. The van der Waals surface area contributed by atoms with Crippen LogP contribution in [0.1, 0.15) is 15.9 Å². The Balaban J connectivity index is 1.62. The van der Waals surface area contributed by atoms with E-state index in [4.69, 9.17) is 14.5 Å². The normalized spacial score (nSPS) is 10.7. The average Bonchev–Trinajstić information content (AvgIpc) is 3.19. The number of anilines is 1. The van der Waals surface area contributed by atoms with Crippen LogP contribution in [0.2, 0.25) is 0 Å². The number of hydrogen-bond acceptors (Lipinski definition) is 4. The molecule has 2 heterocycles. The fourth-order valence-corrected chi connectivity index (χ4v) is 3.19. The first kappa shape index (κ1) is 18.6. The van der Waals surface area contributed by atoms with Crippen molar-refractivity contribution in [3.8, 4) is 22.8 Å². The van der Waals surface area contributed by atoms with Gasteiger partial charge in [-0.1, -0.05) is 18.2 Å². The number of aryl methyl sites for hydroxylation is 1. The summed E-state index contributed by atoms with van der Waals surface area (Å²) < 4.78 is 12.5. The molecular weight excluding hydrogens is 366 g/mol. The third-order valence-electron chi connectivity index (χ3n) is 4.71. The van der Waals surface area contributed by atoms with E-state index in [-0.39, 0.29) is 5.91 Å². The maximum Gasteiger partial charge on any atom is 0.255 e. The van der Waals surface area contributed by atoms with E-state index in [0.29, 0.717) is 22.7 Å². The van der Waals surface area contributed by atoms with E-state index in [0.717, 1.165) is 22.5 Å². The first-order valence-corrected chi connectivity index (χ1v) is 9.16. The molecule has 6 heteroatoms. The van der Waals surface area contributed by atoms with Crippen LogP contribution in [-0.2, 0) is 0 Å². The van der Waals surface area contributed by atoms with Gasteiger partial charge < -0.3 is 19.2 Å². The van der Waals surface area contributed by atoms with Crippen LogP contribution in [0.15, 0.2) is 67.0 Å². The van der Waals surface area contributed by atoms with Gasteiger partial charge in [0, 0.05) is 35.3 Å². The van der Waals surface area contributed by atoms with Gasteiger partial charge in [0.1, 0.15) is 17.1 Å². The Morgan fingerprint density at radius 1 is 1.00 bits per heavy atom. The standard InChI is InChI=1S/C23H21N3O3/c1-15-6-5-9-26-14-21(25-22(15)26)16-7-4-8-18(10-16)24-23(27)17-11-19(28-2)13-20(12-17)29-3/h4-14H,1-3H3,(H,24,27). The number of amides is 1. The molecule has 6 nitrogen and oxygen atoms in total. The lowest BCUT2D eigenvalue weighted by atomic mass is 10.1. The number of hydrogen-bond donors (Lipinski definition) is 1. The third-order valence-corrected chi connectivity index (χ3v) is 4.71. The van der Waals surface area contributed by atoms with Gasteiger partial charge in [-0.05, 0) is 42.8 Å². The predicted octanol–water partition coefficient (Wildman–Crippen LogP) is 4.58. The fraction of sp³-hybridized carbons (Fsp3) is 0.130. The number of nitrogens with zero attached hydrogens (tertiary/aromatic N) is 2. The first-order chi connectivity index (χ1) is 14.1. The van der Waals surface area contributed by atoms with Gasteiger partial charge in [0.05, 0.1) is 19.9 Å². The number of ether oxygens (including phenoxy) is 2. The van der Waals surface area contributed by atoms with E-state index < -0.39 is 0 Å². The fourth-order valence-electron chi connectivity index (χ4n) is 3.19. The molecule has 4 aromatic rings. The van der Waals surface area contributed by atoms with Crippen molar-refractivity contribution in [1.29, 1.82) is 0 Å². The Kier molecular flexibility index (Phi) is 4.91. The number of aromatic nitrogens is 2. The van der Waals surface area contributed by atoms with Crippen LogP contribution >= 0.6 is 0 Å². The number of carbonyl (C=O) groups excluding carboxylic acids is 1. The predicted molar refractivity (Wildman–Crippen MR) is 113 cm³/mol. The van der Waals surface area contributed by atoms with Crippen molar-refractivity contribution in [2.24, 2.45) is 0 Å². The second-order valence-electron chi connectivity index (χ2n) is 6.68. The molecule has 0 saturated heterocycles. The summed E-state index contributed by atoms with van der Waals surface area (Å²) in [4.78, 5) is 17.5. The summed E-state index contributed by atoms with van der Waals surface area (Å²) in [5.41, 5.74) is 4.93. The lowest BCUT2D eigenvalue weighted by molar-refractivity contribution is 0.102. The molecule has 0 aliphatic heterocycles. The van der Waals surface area contributed by atoms with Crippen molar-refractivity contribution in [2.75, 3.05) is 19.5 Å². The molecule has 0 fully saturated rings. The average molecular weight is 387 g/mol. The maximum absolute atomic E-state index is 12.7. The Bertz CT molecular complexity index is 1170. The SMILES string of the molecule is COc1cc(OC)cc(C(=O)Nc2cccc(-c3cn4cccc(C)c4n3)c2)c1. The monoisotopic (exact) mass is 387 g/mol. The van der Waals surface area contributed by atoms with E-state index in [1.165, 1.54) is 0 Å². The number of rotatable bonds is 5. The summed E-state index contributed by atoms with van der Waals surface area (Å²) in [5, 5.41) is 2.93. The zero-order chi connectivity index (χ0) is 20.4. The summed E-state index contributed by atoms with van der Waals surface area (Å²) in [6, 6.07) is 16.7. The third kappa shape index (κ3) is 3.78. The number of carbonyl (C=O) groups is 1. The Labute approximate surface area is 168 Å². The molecule has 4 rings (SSSR count). The summed E-state index contributed by atoms with van der Waals surface area (Å²) in [6.45, 7) is 2.03. The van der Waals surface area contributed by atoms with Gasteiger partial charge in [-0.15, -0.1) is 0 Å². The van der Waals surface area contributed by atoms with Crippen LogP contribution in [-0.4, -0.2) is 29.5 Å². The van der Waals surface area contributed by atoms with Gasteiger partial charge in [-0.3, -0.25) is 4.79 Å². The molecule has 0 spiro atoms. The second-order valence-corrected chi connectivity index (χ2v) is 6.68. The number of imidazole rings is 1. The maximum atomic E-state index is 12.7. The van der Waals surface area contributed by atoms with Crippen LogP contribution < -0.4 is 14.8 Å². The molecule has 0 bridgehead atoms. The van der Waals surface area contributed by atoms with E-state index in [2.05, 4.69) is 5.32 Å². The minimum atomic E-state index is -0.245. The highest BCUT2D eigenvalue weighted by molar-refractivity contribution is 6.05. The molecule has 2 aromatic carbocycles. The smallest absolute Gasteiger partial charge is 0.255 e. The number of fused-ring (bicyclic) bond motifs is 1. The van der Waals surface area contributed by atoms with E-state index >= 15 is 0 Å². The van der Waals surface area contributed by atoms with Crippen LogP contribution in [0, 0.1) is 6.92 Å². The lowest BCUT2D eigenvalue weighted by Crippen LogP contribution is -2.12. The Morgan fingerprint density at radius 2 is 1.76 bits per heavy atom. The van der Waals surface area contributed by atoms with Gasteiger partial charge in [-0.25, -0.2) is 4.98 Å². The molecule has 2 aromatic heterocycles. The van der Waals surface area contributed by atoms with E-state index in [9.17, 15) is 4.79 Å². The molecule has 1 N–H and O–H groups in total. The molecule has 0 radical (unpaired) electrons. The van der Waals surface area contributed by atoms with Crippen molar-refractivity contribution in [3.63, 3.8) is 0 Å². The first-order valence-electron chi connectivity index (χ1n) is 9.16. The van der Waals surface area contributed by atoms with E-state index in [1.54, 1.807) is 32.4 Å². The summed E-state index contributed by atoms with van der Waals surface area (Å²) in [7, 11) is 3.10. The van der Waals surface area contributed by atoms with Crippen molar-refractivity contribution >= 4 is 17.2 Å². The van der Waals surface area contributed by atoms with Crippen molar-refractivity contribution in [3.05, 3.63) is 78.1 Å².